The highest BCUT2D eigenvalue weighted by Gasteiger charge is 2.17. The number of hydrogen-bond donors (Lipinski definition) is 0. The second kappa shape index (κ2) is 4.32. The van der Waals surface area contributed by atoms with Gasteiger partial charge in [0, 0.05) is 10.7 Å². The molecule has 0 aliphatic carbocycles. The van der Waals surface area contributed by atoms with E-state index in [9.17, 15) is 8.42 Å². The summed E-state index contributed by atoms with van der Waals surface area (Å²) in [5, 5.41) is -0.535. The predicted octanol–water partition coefficient (Wildman–Crippen LogP) is 2.49. The van der Waals surface area contributed by atoms with Crippen LogP contribution in [0.4, 0.5) is 0 Å². The zero-order valence-corrected chi connectivity index (χ0v) is 9.77. The molecule has 2 nitrogen and oxygen atoms in total. The van der Waals surface area contributed by atoms with Gasteiger partial charge in [-0.1, -0.05) is 29.8 Å². The first-order valence-corrected chi connectivity index (χ1v) is 6.76. The third kappa shape index (κ3) is 3.31. The Morgan fingerprint density at radius 3 is 2.21 bits per heavy atom. The van der Waals surface area contributed by atoms with Gasteiger partial charge >= 0.3 is 0 Å². The molecule has 0 aromatic heterocycles. The van der Waals surface area contributed by atoms with E-state index in [-0.39, 0.29) is 0 Å². The minimum atomic E-state index is -3.44. The first-order valence-electron chi connectivity index (χ1n) is 4.38. The Kier molecular flexibility index (Phi) is 3.56. The molecule has 0 N–H and O–H groups in total. The molecule has 0 radical (unpaired) electrons. The van der Waals surface area contributed by atoms with E-state index in [1.54, 1.807) is 6.92 Å². The molecule has 0 spiro atoms. The van der Waals surface area contributed by atoms with Gasteiger partial charge in [-0.05, 0) is 25.8 Å². The van der Waals surface area contributed by atoms with Gasteiger partial charge in [-0.3, -0.25) is 0 Å². The minimum absolute atomic E-state index is 0.464. The molecule has 0 bridgehead atoms. The average molecular weight is 233 g/mol. The SMILES string of the molecule is Cc1ccc(CC(C)S(=O)(=O)Cl)cc1. The molecule has 1 aromatic carbocycles. The Labute approximate surface area is 89.3 Å². The van der Waals surface area contributed by atoms with Crippen LogP contribution in [0, 0.1) is 6.92 Å². The van der Waals surface area contributed by atoms with Crippen LogP contribution >= 0.6 is 10.7 Å². The first kappa shape index (κ1) is 11.5. The molecule has 0 fully saturated rings. The summed E-state index contributed by atoms with van der Waals surface area (Å²) in [5.74, 6) is 0. The maximum atomic E-state index is 11.0. The fourth-order valence-electron chi connectivity index (χ4n) is 1.16. The molecular formula is C10H13ClO2S. The summed E-state index contributed by atoms with van der Waals surface area (Å²) in [6, 6.07) is 7.77. The minimum Gasteiger partial charge on any atom is -0.212 e. The van der Waals surface area contributed by atoms with Gasteiger partial charge in [0.05, 0.1) is 5.25 Å². The number of hydrogen-bond acceptors (Lipinski definition) is 2. The van der Waals surface area contributed by atoms with Crippen molar-refractivity contribution in [3.05, 3.63) is 35.4 Å². The summed E-state index contributed by atoms with van der Waals surface area (Å²) in [4.78, 5) is 0. The lowest BCUT2D eigenvalue weighted by atomic mass is 10.1. The average Bonchev–Trinajstić information content (AvgIpc) is 2.07. The smallest absolute Gasteiger partial charge is 0.212 e. The van der Waals surface area contributed by atoms with E-state index in [1.165, 1.54) is 0 Å². The van der Waals surface area contributed by atoms with Crippen molar-refractivity contribution in [2.45, 2.75) is 25.5 Å². The summed E-state index contributed by atoms with van der Waals surface area (Å²) in [6.45, 7) is 3.60. The van der Waals surface area contributed by atoms with Crippen LogP contribution in [-0.4, -0.2) is 13.7 Å². The van der Waals surface area contributed by atoms with Crippen molar-refractivity contribution in [2.75, 3.05) is 0 Å². The highest BCUT2D eigenvalue weighted by atomic mass is 35.7. The number of rotatable bonds is 3. The first-order chi connectivity index (χ1) is 6.39. The molecule has 0 saturated carbocycles. The van der Waals surface area contributed by atoms with Crippen molar-refractivity contribution >= 4 is 19.7 Å². The fourth-order valence-corrected chi connectivity index (χ4v) is 1.74. The lowest BCUT2D eigenvalue weighted by Crippen LogP contribution is -2.14. The van der Waals surface area contributed by atoms with E-state index in [0.29, 0.717) is 6.42 Å². The fraction of sp³-hybridized carbons (Fsp3) is 0.400. The van der Waals surface area contributed by atoms with Gasteiger partial charge < -0.3 is 0 Å². The van der Waals surface area contributed by atoms with Gasteiger partial charge in [0.15, 0.2) is 0 Å². The van der Waals surface area contributed by atoms with Crippen LogP contribution in [-0.2, 0) is 15.5 Å². The molecule has 0 amide bonds. The topological polar surface area (TPSA) is 34.1 Å². The molecule has 1 unspecified atom stereocenters. The lowest BCUT2D eigenvalue weighted by Gasteiger charge is -2.07. The third-order valence-electron chi connectivity index (χ3n) is 2.12. The maximum absolute atomic E-state index is 11.0. The van der Waals surface area contributed by atoms with E-state index in [0.717, 1.165) is 11.1 Å². The molecule has 4 heteroatoms. The van der Waals surface area contributed by atoms with Crippen LogP contribution in [0.25, 0.3) is 0 Å². The number of aryl methyl sites for hydroxylation is 1. The molecule has 0 saturated heterocycles. The van der Waals surface area contributed by atoms with Crippen molar-refractivity contribution in [1.29, 1.82) is 0 Å². The molecule has 78 valence electrons. The Morgan fingerprint density at radius 1 is 1.29 bits per heavy atom. The van der Waals surface area contributed by atoms with Crippen LogP contribution in [0.5, 0.6) is 0 Å². The van der Waals surface area contributed by atoms with Crippen molar-refractivity contribution in [1.82, 2.24) is 0 Å². The van der Waals surface area contributed by atoms with Crippen LogP contribution in [0.1, 0.15) is 18.1 Å². The summed E-state index contributed by atoms with van der Waals surface area (Å²) in [5.41, 5.74) is 2.16. The molecule has 0 aliphatic rings. The molecule has 0 heterocycles. The van der Waals surface area contributed by atoms with E-state index in [4.69, 9.17) is 10.7 Å². The molecule has 14 heavy (non-hydrogen) atoms. The summed E-state index contributed by atoms with van der Waals surface area (Å²) in [7, 11) is 1.80. The predicted molar refractivity (Wildman–Crippen MR) is 59.1 cm³/mol. The zero-order valence-electron chi connectivity index (χ0n) is 8.20. The summed E-state index contributed by atoms with van der Waals surface area (Å²) >= 11 is 0. The molecular weight excluding hydrogens is 220 g/mol. The van der Waals surface area contributed by atoms with Crippen molar-refractivity contribution in [2.24, 2.45) is 0 Å². The van der Waals surface area contributed by atoms with E-state index in [1.807, 2.05) is 31.2 Å². The molecule has 0 aliphatic heterocycles. The summed E-state index contributed by atoms with van der Waals surface area (Å²) in [6.07, 6.45) is 0.464. The normalized spacial score (nSPS) is 13.9. The number of halogens is 1. The van der Waals surface area contributed by atoms with Gasteiger partial charge in [-0.15, -0.1) is 0 Å². The van der Waals surface area contributed by atoms with Crippen LogP contribution in [0.15, 0.2) is 24.3 Å². The van der Waals surface area contributed by atoms with Crippen LogP contribution in [0.3, 0.4) is 0 Å². The highest BCUT2D eigenvalue weighted by Crippen LogP contribution is 2.13. The Hall–Kier alpha value is -0.540. The Morgan fingerprint density at radius 2 is 1.79 bits per heavy atom. The largest absolute Gasteiger partial charge is 0.235 e. The summed E-state index contributed by atoms with van der Waals surface area (Å²) < 4.78 is 21.9. The molecule has 1 rings (SSSR count). The lowest BCUT2D eigenvalue weighted by molar-refractivity contribution is 0.597. The van der Waals surface area contributed by atoms with Gasteiger partial charge in [0.1, 0.15) is 0 Å². The Bertz CT molecular complexity index is 395. The molecule has 1 aromatic rings. The molecule has 1 atom stereocenters. The quantitative estimate of drug-likeness (QED) is 0.751. The van der Waals surface area contributed by atoms with Crippen LogP contribution in [0.2, 0.25) is 0 Å². The van der Waals surface area contributed by atoms with Gasteiger partial charge in [0.2, 0.25) is 9.05 Å². The van der Waals surface area contributed by atoms with E-state index in [2.05, 4.69) is 0 Å². The highest BCUT2D eigenvalue weighted by molar-refractivity contribution is 8.14. The van der Waals surface area contributed by atoms with Gasteiger partial charge in [-0.2, -0.15) is 0 Å². The maximum Gasteiger partial charge on any atom is 0.235 e. The van der Waals surface area contributed by atoms with Crippen molar-refractivity contribution in [3.63, 3.8) is 0 Å². The second-order valence-electron chi connectivity index (χ2n) is 3.48. The van der Waals surface area contributed by atoms with Crippen molar-refractivity contribution in [3.8, 4) is 0 Å². The van der Waals surface area contributed by atoms with Gasteiger partial charge in [-0.25, -0.2) is 8.42 Å². The van der Waals surface area contributed by atoms with Gasteiger partial charge in [0.25, 0.3) is 0 Å². The third-order valence-corrected chi connectivity index (χ3v) is 4.16. The zero-order chi connectivity index (χ0) is 10.8. The number of benzene rings is 1. The van der Waals surface area contributed by atoms with E-state index < -0.39 is 14.3 Å². The second-order valence-corrected chi connectivity index (χ2v) is 6.52. The van der Waals surface area contributed by atoms with Crippen LogP contribution < -0.4 is 0 Å². The van der Waals surface area contributed by atoms with E-state index >= 15 is 0 Å². The standard InChI is InChI=1S/C10H13ClO2S/c1-8-3-5-10(6-4-8)7-9(2)14(11,12)13/h3-6,9H,7H2,1-2H3. The monoisotopic (exact) mass is 232 g/mol. The Balaban J connectivity index is 2.75. The van der Waals surface area contributed by atoms with Crippen molar-refractivity contribution < 1.29 is 8.42 Å².